The molecule has 2 rings (SSSR count). The van der Waals surface area contributed by atoms with Gasteiger partial charge < -0.3 is 14.6 Å². The van der Waals surface area contributed by atoms with E-state index in [-0.39, 0.29) is 13.1 Å². The molecule has 0 unspecified atom stereocenters. The molecule has 0 fully saturated rings. The number of aliphatic hydroxyl groups excluding tert-OH is 1. The van der Waals surface area contributed by atoms with Gasteiger partial charge in [0.2, 0.25) is 0 Å². The molecule has 12 nitrogen and oxygen atoms in total. The van der Waals surface area contributed by atoms with E-state index in [2.05, 4.69) is 27.7 Å². The van der Waals surface area contributed by atoms with Crippen LogP contribution in [0.3, 0.4) is 0 Å². The second-order valence-electron chi connectivity index (χ2n) is 17.2. The molecule has 376 valence electrons. The quantitative estimate of drug-likeness (QED) is 0.0272. The molecule has 0 atom stereocenters. The summed E-state index contributed by atoms with van der Waals surface area (Å²) >= 11 is -1.99. The zero-order valence-corrected chi connectivity index (χ0v) is 44.8. The molecule has 0 saturated heterocycles. The number of ether oxygens (including phenoxy) is 2. The molecule has 0 aromatic rings. The van der Waals surface area contributed by atoms with E-state index >= 15 is 0 Å². The van der Waals surface area contributed by atoms with Crippen molar-refractivity contribution in [2.45, 2.75) is 236 Å². The van der Waals surface area contributed by atoms with Crippen molar-refractivity contribution in [3.8, 4) is 0 Å². The summed E-state index contributed by atoms with van der Waals surface area (Å²) in [6, 6.07) is 0. The summed E-state index contributed by atoms with van der Waals surface area (Å²) in [6.07, 6.45) is 42.4. The first-order valence-electron chi connectivity index (χ1n) is 26.0. The standard InChI is InChI=1S/C20H33NO4.C14H30O.C10H13NO4.2C4H9.O.Sn/c1-2-3-4-5-6-7-8-9-10-11-12-13-16-25-20(24)17-21-18(22)14-15-19(21)23;1-2-3-4-5-6-7-8-9-10-11-12-13-14-15;1-2-3-6-15-10(14)7-11-8(12)4-5-9(11)13;2*1-3-4-2;;/h14-15H,2-13,16-17H2,1H3;15H,2-14H2,1H3;4-5H,2-3,6-7H2,1H3;2*1,3-4H2,2H3;;. The second kappa shape index (κ2) is 49.2. The number of hydrogen-bond acceptors (Lipinski definition) is 10. The number of carbonyl (C=O) groups is 6. The number of nitrogens with zero attached hydrogens (tertiary/aromatic N) is 2. The van der Waals surface area contributed by atoms with E-state index in [1.165, 1.54) is 173 Å². The first-order valence-corrected chi connectivity index (χ1v) is 31.2. The fourth-order valence-electron chi connectivity index (χ4n) is 6.81. The third kappa shape index (κ3) is 42.4. The number of imide groups is 2. The Hall–Kier alpha value is -2.74. The summed E-state index contributed by atoms with van der Waals surface area (Å²) in [4.78, 5) is 69.3. The van der Waals surface area contributed by atoms with Crippen LogP contribution < -0.4 is 0 Å². The Bertz CT molecular complexity index is 1250. The molecule has 0 aromatic carbocycles. The first kappa shape index (κ1) is 64.3. The topological polar surface area (TPSA) is 165 Å². The van der Waals surface area contributed by atoms with Crippen molar-refractivity contribution in [1.29, 1.82) is 0 Å². The molecule has 0 bridgehead atoms. The van der Waals surface area contributed by atoms with Gasteiger partial charge in [-0.05, 0) is 19.3 Å². The normalized spacial score (nSPS) is 12.7. The number of esters is 2. The number of rotatable bonds is 38. The van der Waals surface area contributed by atoms with E-state index in [1.807, 2.05) is 6.92 Å². The fourth-order valence-corrected chi connectivity index (χ4v) is 11.8. The molecule has 65 heavy (non-hydrogen) atoms. The summed E-state index contributed by atoms with van der Waals surface area (Å²) in [5, 5.41) is 8.61. The molecule has 2 aliphatic heterocycles. The van der Waals surface area contributed by atoms with Gasteiger partial charge in [0.05, 0.1) is 13.2 Å². The minimum absolute atomic E-state index is 0.289. The van der Waals surface area contributed by atoms with Crippen LogP contribution in [-0.2, 0) is 41.3 Å². The third-order valence-electron chi connectivity index (χ3n) is 11.0. The van der Waals surface area contributed by atoms with Crippen molar-refractivity contribution >= 4 is 55.3 Å². The summed E-state index contributed by atoms with van der Waals surface area (Å²) in [5.41, 5.74) is 0. The Labute approximate surface area is 403 Å². The molecular formula is C52H94N2O10Sn. The summed E-state index contributed by atoms with van der Waals surface area (Å²) in [6.45, 7) is 11.3. The van der Waals surface area contributed by atoms with Gasteiger partial charge in [-0.3, -0.25) is 38.6 Å². The van der Waals surface area contributed by atoms with Crippen LogP contribution in [0.5, 0.6) is 0 Å². The molecule has 2 aliphatic rings. The monoisotopic (exact) mass is 1030 g/mol. The molecule has 0 spiro atoms. The molecule has 0 saturated carbocycles. The summed E-state index contributed by atoms with van der Waals surface area (Å²) in [5.74, 6) is -2.90. The van der Waals surface area contributed by atoms with Gasteiger partial charge in [0.15, 0.2) is 0 Å². The van der Waals surface area contributed by atoms with Crippen molar-refractivity contribution < 1.29 is 46.4 Å². The van der Waals surface area contributed by atoms with Crippen molar-refractivity contribution in [2.75, 3.05) is 32.9 Å². The maximum absolute atomic E-state index is 11.6. The van der Waals surface area contributed by atoms with Crippen LogP contribution in [-0.4, -0.2) is 103 Å². The van der Waals surface area contributed by atoms with Crippen molar-refractivity contribution in [3.63, 3.8) is 0 Å². The average molecular weight is 1030 g/mol. The van der Waals surface area contributed by atoms with Crippen LogP contribution in [0.15, 0.2) is 24.3 Å². The Morgan fingerprint density at radius 1 is 0.415 bits per heavy atom. The number of unbranched alkanes of at least 4 members (excludes halogenated alkanes) is 25. The third-order valence-corrected chi connectivity index (χ3v) is 16.2. The average Bonchev–Trinajstić information content (AvgIpc) is 3.79. The van der Waals surface area contributed by atoms with E-state index in [4.69, 9.17) is 14.6 Å². The Balaban J connectivity index is 0. The van der Waals surface area contributed by atoms with Gasteiger partial charge >= 0.3 is 83.2 Å². The van der Waals surface area contributed by atoms with E-state index in [0.29, 0.717) is 19.8 Å². The minimum atomic E-state index is -1.99. The van der Waals surface area contributed by atoms with Gasteiger partial charge in [0.1, 0.15) is 13.1 Å². The Morgan fingerprint density at radius 3 is 0.969 bits per heavy atom. The van der Waals surface area contributed by atoms with E-state index in [0.717, 1.165) is 62.9 Å². The van der Waals surface area contributed by atoms with Crippen LogP contribution in [0.25, 0.3) is 0 Å². The molecule has 13 heteroatoms. The van der Waals surface area contributed by atoms with Crippen molar-refractivity contribution in [2.24, 2.45) is 0 Å². The predicted molar refractivity (Wildman–Crippen MR) is 264 cm³/mol. The van der Waals surface area contributed by atoms with Gasteiger partial charge in [0.25, 0.3) is 23.6 Å². The Kier molecular flexibility index (Phi) is 48.7. The fraction of sp³-hybridized carbons (Fsp3) is 0.808. The van der Waals surface area contributed by atoms with Crippen LogP contribution in [0, 0.1) is 0 Å². The second-order valence-corrected chi connectivity index (χ2v) is 23.2. The van der Waals surface area contributed by atoms with Gasteiger partial charge in [-0.1, -0.05) is 168 Å². The molecule has 0 aromatic heterocycles. The van der Waals surface area contributed by atoms with Gasteiger partial charge in [-0.2, -0.15) is 0 Å². The van der Waals surface area contributed by atoms with Crippen molar-refractivity contribution in [3.05, 3.63) is 24.3 Å². The van der Waals surface area contributed by atoms with Crippen LogP contribution in [0.4, 0.5) is 0 Å². The number of aliphatic hydroxyl groups is 1. The summed E-state index contributed by atoms with van der Waals surface area (Å²) < 4.78 is 23.3. The molecule has 0 aliphatic carbocycles. The van der Waals surface area contributed by atoms with E-state index in [9.17, 15) is 31.8 Å². The maximum atomic E-state index is 11.6. The molecule has 4 amide bonds. The van der Waals surface area contributed by atoms with E-state index < -0.39 is 55.3 Å². The zero-order valence-electron chi connectivity index (χ0n) is 42.0. The van der Waals surface area contributed by atoms with Crippen LogP contribution >= 0.6 is 0 Å². The molecular weight excluding hydrogens is 931 g/mol. The zero-order chi connectivity index (χ0) is 48.6. The molecule has 0 radical (unpaired) electrons. The first-order chi connectivity index (χ1) is 31.5. The number of amides is 4. The molecule has 1 N–H and O–H groups in total. The summed E-state index contributed by atoms with van der Waals surface area (Å²) in [7, 11) is 0. The van der Waals surface area contributed by atoms with Gasteiger partial charge in [-0.25, -0.2) is 0 Å². The number of hydrogen-bond donors (Lipinski definition) is 1. The van der Waals surface area contributed by atoms with Crippen LogP contribution in [0.2, 0.25) is 8.87 Å². The SMILES string of the molecule is CCCCCCCCCCCCCCO.CCCCCCCCCCCCCCOC(=O)CN1C(=O)C=CC1=O.CCCCOC(=O)CN1C(=O)C=CC1=O.CCC[CH2][Sn](=[O])[CH2]CCC. The van der Waals surface area contributed by atoms with Gasteiger partial charge in [0, 0.05) is 30.9 Å². The van der Waals surface area contributed by atoms with E-state index in [1.54, 1.807) is 0 Å². The molecule has 2 heterocycles. The Morgan fingerprint density at radius 2 is 0.677 bits per heavy atom. The van der Waals surface area contributed by atoms with Gasteiger partial charge in [-0.15, -0.1) is 0 Å². The van der Waals surface area contributed by atoms with Crippen molar-refractivity contribution in [1.82, 2.24) is 9.80 Å². The predicted octanol–water partition coefficient (Wildman–Crippen LogP) is 12.1. The van der Waals surface area contributed by atoms with Crippen LogP contribution in [0.1, 0.15) is 227 Å². The number of carbonyl (C=O) groups excluding carboxylic acids is 6.